The Balaban J connectivity index is 1.76. The van der Waals surface area contributed by atoms with Gasteiger partial charge in [0.1, 0.15) is 5.82 Å². The van der Waals surface area contributed by atoms with Crippen molar-refractivity contribution in [3.05, 3.63) is 78.7 Å². The predicted molar refractivity (Wildman–Crippen MR) is 125 cm³/mol. The molecule has 0 saturated carbocycles. The molecule has 0 aliphatic heterocycles. The van der Waals surface area contributed by atoms with Gasteiger partial charge in [0.15, 0.2) is 22.7 Å². The molecule has 3 N–H and O–H groups in total. The van der Waals surface area contributed by atoms with Crippen molar-refractivity contribution < 1.29 is 14.2 Å². The number of nitrogens with zero attached hydrogens (tertiary/aromatic N) is 4. The lowest BCUT2D eigenvalue weighted by Gasteiger charge is -2.09. The fourth-order valence-electron chi connectivity index (χ4n) is 3.23. The summed E-state index contributed by atoms with van der Waals surface area (Å²) < 4.78 is 21.6. The average molecular weight is 517 g/mol. The Labute approximate surface area is 194 Å². The standard InChI is InChI=1S/C21H18BrFN6O4/c1-28-18-16(19(31)26-21(28)32)29(10-11-3-5-13(23)6-4-11)20(25-18)27-24-9-12-7-14(22)17(30)15(8-12)33-2/h3-9,30H,10H2,1-2H3,(H,25,27)(H,26,31,32). The van der Waals surface area contributed by atoms with E-state index in [2.05, 4.69) is 36.4 Å². The number of aromatic hydroxyl groups is 1. The maximum atomic E-state index is 13.3. The smallest absolute Gasteiger partial charge is 0.329 e. The van der Waals surface area contributed by atoms with E-state index in [-0.39, 0.29) is 41.0 Å². The Morgan fingerprint density at radius 2 is 2.03 bits per heavy atom. The summed E-state index contributed by atoms with van der Waals surface area (Å²) in [6.45, 7) is 0.175. The number of hydrogen-bond acceptors (Lipinski definition) is 7. The maximum Gasteiger partial charge on any atom is 0.329 e. The molecule has 0 spiro atoms. The number of nitrogens with one attached hydrogen (secondary N) is 2. The minimum atomic E-state index is -0.605. The van der Waals surface area contributed by atoms with Crippen LogP contribution in [0.15, 0.2) is 55.6 Å². The summed E-state index contributed by atoms with van der Waals surface area (Å²) in [4.78, 5) is 31.2. The van der Waals surface area contributed by atoms with Crippen molar-refractivity contribution in [2.75, 3.05) is 12.5 Å². The number of aromatic nitrogens is 4. The normalized spacial score (nSPS) is 11.4. The number of aromatic amines is 1. The number of phenolic OH excluding ortho intramolecular Hbond substituents is 1. The third kappa shape index (κ3) is 4.37. The van der Waals surface area contributed by atoms with Crippen molar-refractivity contribution in [2.45, 2.75) is 6.54 Å². The highest BCUT2D eigenvalue weighted by molar-refractivity contribution is 9.10. The lowest BCUT2D eigenvalue weighted by atomic mass is 10.2. The van der Waals surface area contributed by atoms with E-state index in [1.165, 1.54) is 37.1 Å². The van der Waals surface area contributed by atoms with E-state index >= 15 is 0 Å². The Morgan fingerprint density at radius 3 is 2.73 bits per heavy atom. The van der Waals surface area contributed by atoms with Gasteiger partial charge in [-0.15, -0.1) is 0 Å². The van der Waals surface area contributed by atoms with Crippen LogP contribution >= 0.6 is 15.9 Å². The zero-order chi connectivity index (χ0) is 23.7. The van der Waals surface area contributed by atoms with Crippen molar-refractivity contribution in [3.8, 4) is 11.5 Å². The van der Waals surface area contributed by atoms with Crippen LogP contribution in [0.1, 0.15) is 11.1 Å². The van der Waals surface area contributed by atoms with E-state index < -0.39 is 11.2 Å². The number of rotatable bonds is 6. The van der Waals surface area contributed by atoms with Crippen LogP contribution in [0.5, 0.6) is 11.5 Å². The topological polar surface area (TPSA) is 127 Å². The van der Waals surface area contributed by atoms with Crippen LogP contribution in [0.25, 0.3) is 11.2 Å². The van der Waals surface area contributed by atoms with Gasteiger partial charge in [0.25, 0.3) is 5.56 Å². The number of hydrazone groups is 1. The molecule has 0 aliphatic carbocycles. The van der Waals surface area contributed by atoms with Gasteiger partial charge in [-0.25, -0.2) is 14.6 Å². The number of hydrogen-bond donors (Lipinski definition) is 3. The number of imidazole rings is 1. The summed E-state index contributed by atoms with van der Waals surface area (Å²) in [7, 11) is 2.92. The summed E-state index contributed by atoms with van der Waals surface area (Å²) in [5, 5.41) is 14.1. The quantitative estimate of drug-likeness (QED) is 0.267. The van der Waals surface area contributed by atoms with Crippen molar-refractivity contribution in [1.82, 2.24) is 19.1 Å². The highest BCUT2D eigenvalue weighted by Gasteiger charge is 2.17. The molecule has 0 amide bonds. The van der Waals surface area contributed by atoms with Crippen molar-refractivity contribution in [1.29, 1.82) is 0 Å². The van der Waals surface area contributed by atoms with E-state index in [1.54, 1.807) is 28.8 Å². The average Bonchev–Trinajstić information content (AvgIpc) is 3.14. The van der Waals surface area contributed by atoms with Crippen LogP contribution < -0.4 is 21.4 Å². The van der Waals surface area contributed by atoms with Crippen LogP contribution in [0, 0.1) is 5.82 Å². The molecule has 4 aromatic rings. The van der Waals surface area contributed by atoms with Crippen molar-refractivity contribution in [2.24, 2.45) is 12.1 Å². The number of halogens is 2. The fourth-order valence-corrected chi connectivity index (χ4v) is 3.69. The first-order valence-electron chi connectivity index (χ1n) is 9.58. The molecular weight excluding hydrogens is 499 g/mol. The molecule has 0 unspecified atom stereocenters. The van der Waals surface area contributed by atoms with Gasteiger partial charge in [0, 0.05) is 7.05 Å². The highest BCUT2D eigenvalue weighted by Crippen LogP contribution is 2.34. The Hall–Kier alpha value is -3.93. The van der Waals surface area contributed by atoms with E-state index in [9.17, 15) is 19.1 Å². The van der Waals surface area contributed by atoms with Gasteiger partial charge < -0.3 is 9.84 Å². The second-order valence-corrected chi connectivity index (χ2v) is 7.92. The molecule has 2 aromatic carbocycles. The predicted octanol–water partition coefficient (Wildman–Crippen LogP) is 2.53. The number of phenols is 1. The van der Waals surface area contributed by atoms with Crippen LogP contribution in [-0.4, -0.2) is 37.5 Å². The molecule has 2 aromatic heterocycles. The Bertz CT molecular complexity index is 1490. The van der Waals surface area contributed by atoms with E-state index in [4.69, 9.17) is 4.74 Å². The molecule has 2 heterocycles. The summed E-state index contributed by atoms with van der Waals surface area (Å²) in [6.07, 6.45) is 1.47. The van der Waals surface area contributed by atoms with Crippen molar-refractivity contribution >= 4 is 39.3 Å². The number of methoxy groups -OCH3 is 1. The van der Waals surface area contributed by atoms with Crippen LogP contribution in [0.4, 0.5) is 10.3 Å². The number of anilines is 1. The third-order valence-corrected chi connectivity index (χ3v) is 5.51. The number of H-pyrrole nitrogens is 1. The molecule has 10 nitrogen and oxygen atoms in total. The zero-order valence-corrected chi connectivity index (χ0v) is 19.1. The van der Waals surface area contributed by atoms with Crippen LogP contribution in [-0.2, 0) is 13.6 Å². The zero-order valence-electron chi connectivity index (χ0n) is 17.5. The Kier molecular flexibility index (Phi) is 6.01. The summed E-state index contributed by atoms with van der Waals surface area (Å²) in [6, 6.07) is 9.03. The van der Waals surface area contributed by atoms with Gasteiger partial charge >= 0.3 is 5.69 Å². The summed E-state index contributed by atoms with van der Waals surface area (Å²) >= 11 is 3.25. The molecule has 0 bridgehead atoms. The van der Waals surface area contributed by atoms with Gasteiger partial charge in [0.05, 0.1) is 24.3 Å². The first-order chi connectivity index (χ1) is 15.8. The van der Waals surface area contributed by atoms with Gasteiger partial charge in [-0.2, -0.15) is 10.1 Å². The van der Waals surface area contributed by atoms with E-state index in [0.717, 1.165) is 0 Å². The number of aryl methyl sites for hydroxylation is 1. The molecule has 4 rings (SSSR count). The van der Waals surface area contributed by atoms with Gasteiger partial charge in [0.2, 0.25) is 5.95 Å². The molecular formula is C21H18BrFN6O4. The Morgan fingerprint density at radius 1 is 1.30 bits per heavy atom. The first kappa shape index (κ1) is 22.3. The van der Waals surface area contributed by atoms with Crippen molar-refractivity contribution in [3.63, 3.8) is 0 Å². The minimum Gasteiger partial charge on any atom is -0.503 e. The monoisotopic (exact) mass is 516 g/mol. The molecule has 170 valence electrons. The lowest BCUT2D eigenvalue weighted by Crippen LogP contribution is -2.29. The molecule has 33 heavy (non-hydrogen) atoms. The number of benzene rings is 2. The van der Waals surface area contributed by atoms with E-state index in [1.807, 2.05) is 0 Å². The van der Waals surface area contributed by atoms with E-state index in [0.29, 0.717) is 15.6 Å². The first-order valence-corrected chi connectivity index (χ1v) is 10.4. The van der Waals surface area contributed by atoms with Gasteiger partial charge in [-0.1, -0.05) is 12.1 Å². The number of ether oxygens (including phenoxy) is 1. The molecule has 0 saturated heterocycles. The van der Waals surface area contributed by atoms with Crippen LogP contribution in [0.3, 0.4) is 0 Å². The molecule has 0 radical (unpaired) electrons. The van der Waals surface area contributed by atoms with Crippen LogP contribution in [0.2, 0.25) is 0 Å². The largest absolute Gasteiger partial charge is 0.503 e. The molecule has 0 aliphatic rings. The molecule has 0 atom stereocenters. The maximum absolute atomic E-state index is 13.3. The molecule has 12 heteroatoms. The molecule has 0 fully saturated rings. The van der Waals surface area contributed by atoms with Gasteiger partial charge in [-0.3, -0.25) is 18.9 Å². The SMILES string of the molecule is COc1cc(C=NNc2nc3c(c(=O)[nH]c(=O)n3C)n2Cc2ccc(F)cc2)cc(Br)c1O. The highest BCUT2D eigenvalue weighted by atomic mass is 79.9. The number of fused-ring (bicyclic) bond motifs is 1. The lowest BCUT2D eigenvalue weighted by molar-refractivity contribution is 0.372. The van der Waals surface area contributed by atoms with Gasteiger partial charge in [-0.05, 0) is 51.3 Å². The second-order valence-electron chi connectivity index (χ2n) is 7.06. The minimum absolute atomic E-state index is 0.0381. The summed E-state index contributed by atoms with van der Waals surface area (Å²) in [5.74, 6) is 0.0368. The fraction of sp³-hybridized carbons (Fsp3) is 0.143. The second kappa shape index (κ2) is 8.90. The summed E-state index contributed by atoms with van der Waals surface area (Å²) in [5.41, 5.74) is 3.23. The third-order valence-electron chi connectivity index (χ3n) is 4.91.